The fourth-order valence-corrected chi connectivity index (χ4v) is 1.31. The van der Waals surface area contributed by atoms with Gasteiger partial charge in [-0.05, 0) is 5.92 Å². The van der Waals surface area contributed by atoms with E-state index in [4.69, 9.17) is 9.52 Å². The van der Waals surface area contributed by atoms with Gasteiger partial charge in [0.1, 0.15) is 6.04 Å². The lowest BCUT2D eigenvalue weighted by Crippen LogP contribution is -2.40. The van der Waals surface area contributed by atoms with Crippen molar-refractivity contribution in [2.45, 2.75) is 39.8 Å². The Bertz CT molecular complexity index is 349. The molecule has 0 aliphatic heterocycles. The number of carboxylic acids is 1. The van der Waals surface area contributed by atoms with Gasteiger partial charge in [0.25, 0.3) is 0 Å². The van der Waals surface area contributed by atoms with E-state index in [9.17, 15) is 4.79 Å². The highest BCUT2D eigenvalue weighted by molar-refractivity contribution is 5.73. The first kappa shape index (κ1) is 12.6. The molecular formula is C10H17N3O3. The molecule has 0 spiro atoms. The number of carboxylic acid groups (broad SMARTS) is 1. The van der Waals surface area contributed by atoms with Crippen LogP contribution in [0.25, 0.3) is 0 Å². The van der Waals surface area contributed by atoms with Crippen molar-refractivity contribution in [3.63, 3.8) is 0 Å². The average Bonchev–Trinajstić information content (AvgIpc) is 2.65. The number of aryl methyl sites for hydroxylation is 1. The molecule has 6 nitrogen and oxygen atoms in total. The Hall–Kier alpha value is -1.43. The Morgan fingerprint density at radius 3 is 2.50 bits per heavy atom. The summed E-state index contributed by atoms with van der Waals surface area (Å²) in [4.78, 5) is 10.9. The molecular weight excluding hydrogens is 210 g/mol. The molecule has 1 heterocycles. The highest BCUT2D eigenvalue weighted by atomic mass is 16.4. The fourth-order valence-electron chi connectivity index (χ4n) is 1.31. The van der Waals surface area contributed by atoms with Gasteiger partial charge in [-0.3, -0.25) is 10.1 Å². The van der Waals surface area contributed by atoms with Crippen molar-refractivity contribution in [1.29, 1.82) is 0 Å². The van der Waals surface area contributed by atoms with Gasteiger partial charge in [-0.1, -0.05) is 20.8 Å². The van der Waals surface area contributed by atoms with Crippen LogP contribution in [0.1, 0.15) is 32.6 Å². The summed E-state index contributed by atoms with van der Waals surface area (Å²) < 4.78 is 5.27. The number of hydrogen-bond donors (Lipinski definition) is 2. The molecule has 6 heteroatoms. The van der Waals surface area contributed by atoms with Crippen LogP contribution in [-0.2, 0) is 17.8 Å². The molecule has 0 fully saturated rings. The summed E-state index contributed by atoms with van der Waals surface area (Å²) in [7, 11) is 0. The van der Waals surface area contributed by atoms with E-state index in [1.165, 1.54) is 0 Å². The predicted octanol–water partition coefficient (Wildman–Crippen LogP) is 0.831. The molecule has 0 radical (unpaired) electrons. The van der Waals surface area contributed by atoms with Crippen molar-refractivity contribution in [2.24, 2.45) is 5.92 Å². The van der Waals surface area contributed by atoms with Gasteiger partial charge in [0.15, 0.2) is 0 Å². The number of nitrogens with one attached hydrogen (secondary N) is 1. The molecule has 1 atom stereocenters. The molecule has 0 saturated carbocycles. The molecule has 2 N–H and O–H groups in total. The molecule has 0 aliphatic rings. The third kappa shape index (κ3) is 3.30. The minimum atomic E-state index is -0.870. The van der Waals surface area contributed by atoms with Crippen LogP contribution in [0, 0.1) is 5.92 Å². The summed E-state index contributed by atoms with van der Waals surface area (Å²) in [5.41, 5.74) is 0. The summed E-state index contributed by atoms with van der Waals surface area (Å²) >= 11 is 0. The largest absolute Gasteiger partial charge is 0.480 e. The molecule has 0 aromatic carbocycles. The fraction of sp³-hybridized carbons (Fsp3) is 0.700. The maximum atomic E-state index is 10.9. The van der Waals surface area contributed by atoms with Crippen molar-refractivity contribution in [3.8, 4) is 0 Å². The van der Waals surface area contributed by atoms with E-state index in [1.807, 2.05) is 20.8 Å². The van der Waals surface area contributed by atoms with Gasteiger partial charge in [-0.25, -0.2) is 0 Å². The molecule has 0 saturated heterocycles. The van der Waals surface area contributed by atoms with E-state index in [2.05, 4.69) is 15.5 Å². The Kier molecular flexibility index (Phi) is 4.42. The highest BCUT2D eigenvalue weighted by Gasteiger charge is 2.21. The molecule has 0 bridgehead atoms. The lowest BCUT2D eigenvalue weighted by Gasteiger charge is -2.16. The van der Waals surface area contributed by atoms with E-state index in [0.717, 1.165) is 0 Å². The third-order valence-electron chi connectivity index (χ3n) is 2.22. The van der Waals surface area contributed by atoms with Crippen LogP contribution in [0.15, 0.2) is 4.42 Å². The van der Waals surface area contributed by atoms with Crippen molar-refractivity contribution in [1.82, 2.24) is 15.5 Å². The Morgan fingerprint density at radius 2 is 2.06 bits per heavy atom. The van der Waals surface area contributed by atoms with Crippen molar-refractivity contribution in [2.75, 3.05) is 0 Å². The van der Waals surface area contributed by atoms with Crippen molar-refractivity contribution in [3.05, 3.63) is 11.8 Å². The van der Waals surface area contributed by atoms with E-state index in [-0.39, 0.29) is 12.5 Å². The van der Waals surface area contributed by atoms with Gasteiger partial charge < -0.3 is 9.52 Å². The Balaban J connectivity index is 2.52. The molecule has 16 heavy (non-hydrogen) atoms. The quantitative estimate of drug-likeness (QED) is 0.748. The van der Waals surface area contributed by atoms with Crippen LogP contribution >= 0.6 is 0 Å². The van der Waals surface area contributed by atoms with Gasteiger partial charge in [0.05, 0.1) is 6.54 Å². The maximum absolute atomic E-state index is 10.9. The van der Waals surface area contributed by atoms with E-state index >= 15 is 0 Å². The smallest absolute Gasteiger partial charge is 0.320 e. The standard InChI is InChI=1S/C10H17N3O3/c1-4-7-12-13-8(16-7)5-11-9(6(2)3)10(14)15/h6,9,11H,4-5H2,1-3H3,(H,14,15). The first-order valence-electron chi connectivity index (χ1n) is 5.32. The number of rotatable bonds is 6. The van der Waals surface area contributed by atoms with Crippen LogP contribution in [0.4, 0.5) is 0 Å². The van der Waals surface area contributed by atoms with Crippen molar-refractivity contribution >= 4 is 5.97 Å². The number of hydrogen-bond acceptors (Lipinski definition) is 5. The third-order valence-corrected chi connectivity index (χ3v) is 2.22. The molecule has 0 aliphatic carbocycles. The first-order valence-corrected chi connectivity index (χ1v) is 5.32. The first-order chi connectivity index (χ1) is 7.54. The van der Waals surface area contributed by atoms with Gasteiger partial charge in [0, 0.05) is 6.42 Å². The maximum Gasteiger partial charge on any atom is 0.320 e. The lowest BCUT2D eigenvalue weighted by molar-refractivity contribution is -0.140. The minimum Gasteiger partial charge on any atom is -0.480 e. The van der Waals surface area contributed by atoms with Gasteiger partial charge in [0.2, 0.25) is 11.8 Å². The van der Waals surface area contributed by atoms with E-state index in [0.29, 0.717) is 18.2 Å². The Labute approximate surface area is 94.1 Å². The van der Waals surface area contributed by atoms with Crippen LogP contribution in [0.5, 0.6) is 0 Å². The average molecular weight is 227 g/mol. The lowest BCUT2D eigenvalue weighted by atomic mass is 10.1. The topological polar surface area (TPSA) is 88.2 Å². The zero-order chi connectivity index (χ0) is 12.1. The van der Waals surface area contributed by atoms with Crippen LogP contribution in [0.2, 0.25) is 0 Å². The SMILES string of the molecule is CCc1nnc(CNC(C(=O)O)C(C)C)o1. The van der Waals surface area contributed by atoms with Gasteiger partial charge in [-0.2, -0.15) is 0 Å². The second-order valence-corrected chi connectivity index (χ2v) is 3.88. The van der Waals surface area contributed by atoms with E-state index in [1.54, 1.807) is 0 Å². The summed E-state index contributed by atoms with van der Waals surface area (Å²) in [6.07, 6.45) is 0.680. The zero-order valence-electron chi connectivity index (χ0n) is 9.73. The molecule has 0 amide bonds. The number of aromatic nitrogens is 2. The molecule has 1 rings (SSSR count). The molecule has 1 aromatic heterocycles. The second kappa shape index (κ2) is 5.60. The van der Waals surface area contributed by atoms with Gasteiger partial charge in [-0.15, -0.1) is 10.2 Å². The second-order valence-electron chi connectivity index (χ2n) is 3.88. The Morgan fingerprint density at radius 1 is 1.44 bits per heavy atom. The summed E-state index contributed by atoms with van der Waals surface area (Å²) in [6.45, 7) is 5.88. The van der Waals surface area contributed by atoms with Crippen LogP contribution < -0.4 is 5.32 Å². The monoisotopic (exact) mass is 227 g/mol. The molecule has 1 unspecified atom stereocenters. The molecule has 1 aromatic rings. The van der Waals surface area contributed by atoms with Crippen LogP contribution in [-0.4, -0.2) is 27.3 Å². The molecule has 90 valence electrons. The van der Waals surface area contributed by atoms with Crippen molar-refractivity contribution < 1.29 is 14.3 Å². The summed E-state index contributed by atoms with van der Waals surface area (Å²) in [6, 6.07) is -0.600. The van der Waals surface area contributed by atoms with Gasteiger partial charge >= 0.3 is 5.97 Å². The number of nitrogens with zero attached hydrogens (tertiary/aromatic N) is 2. The number of aliphatic carboxylic acids is 1. The predicted molar refractivity (Wildman–Crippen MR) is 56.8 cm³/mol. The zero-order valence-corrected chi connectivity index (χ0v) is 9.73. The summed E-state index contributed by atoms with van der Waals surface area (Å²) in [5.74, 6) is 0.119. The highest BCUT2D eigenvalue weighted by Crippen LogP contribution is 2.04. The van der Waals surface area contributed by atoms with E-state index < -0.39 is 12.0 Å². The summed E-state index contributed by atoms with van der Waals surface area (Å²) in [5, 5.41) is 19.4. The minimum absolute atomic E-state index is 0.00562. The normalized spacial score (nSPS) is 13.0. The number of carbonyl (C=O) groups is 1. The van der Waals surface area contributed by atoms with Crippen LogP contribution in [0.3, 0.4) is 0 Å².